The van der Waals surface area contributed by atoms with Gasteiger partial charge in [-0.2, -0.15) is 10.1 Å². The first kappa shape index (κ1) is 18.8. The number of carbonyl (C=O) groups is 1. The van der Waals surface area contributed by atoms with Gasteiger partial charge in [0.2, 0.25) is 11.9 Å². The van der Waals surface area contributed by atoms with Crippen molar-refractivity contribution >= 4 is 17.8 Å². The van der Waals surface area contributed by atoms with Crippen molar-refractivity contribution in [3.05, 3.63) is 47.0 Å². The van der Waals surface area contributed by atoms with Gasteiger partial charge in [-0.15, -0.1) is 5.10 Å². The fraction of sp³-hybridized carbons (Fsp3) is 0.429. The number of benzene rings is 1. The minimum Gasteiger partial charge on any atom is -0.340 e. The summed E-state index contributed by atoms with van der Waals surface area (Å²) in [7, 11) is 0. The van der Waals surface area contributed by atoms with Crippen molar-refractivity contribution in [3.63, 3.8) is 0 Å². The van der Waals surface area contributed by atoms with Crippen LogP contribution in [0, 0.1) is 5.82 Å². The summed E-state index contributed by atoms with van der Waals surface area (Å²) >= 11 is 0. The zero-order valence-electron chi connectivity index (χ0n) is 16.7. The summed E-state index contributed by atoms with van der Waals surface area (Å²) in [6, 6.07) is 6.17. The largest absolute Gasteiger partial charge is 0.340 e. The van der Waals surface area contributed by atoms with Gasteiger partial charge in [0.25, 0.3) is 5.91 Å². The smallest absolute Gasteiger partial charge is 0.278 e. The van der Waals surface area contributed by atoms with E-state index >= 15 is 0 Å². The normalized spacial score (nSPS) is 16.4. The number of rotatable bonds is 4. The molecule has 156 valence electrons. The van der Waals surface area contributed by atoms with E-state index in [1.165, 1.54) is 18.6 Å². The van der Waals surface area contributed by atoms with Crippen LogP contribution in [0.1, 0.15) is 53.8 Å². The van der Waals surface area contributed by atoms with E-state index in [4.69, 9.17) is 0 Å². The highest BCUT2D eigenvalue weighted by molar-refractivity contribution is 6.03. The minimum absolute atomic E-state index is 0.299. The lowest BCUT2D eigenvalue weighted by molar-refractivity contribution is 0.102. The summed E-state index contributed by atoms with van der Waals surface area (Å²) in [5, 5.41) is 14.5. The number of anilines is 2. The van der Waals surface area contributed by atoms with E-state index in [9.17, 15) is 9.18 Å². The second-order valence-corrected chi connectivity index (χ2v) is 7.86. The van der Waals surface area contributed by atoms with Gasteiger partial charge >= 0.3 is 0 Å². The number of piperidine rings is 1. The third-order valence-corrected chi connectivity index (χ3v) is 5.81. The summed E-state index contributed by atoms with van der Waals surface area (Å²) in [6.07, 6.45) is 7.19. The number of carbonyl (C=O) groups excluding carboxylic acids is 1. The topological polar surface area (TPSA) is 91.7 Å². The van der Waals surface area contributed by atoms with Gasteiger partial charge in [-0.3, -0.25) is 10.1 Å². The van der Waals surface area contributed by atoms with Gasteiger partial charge in [0.15, 0.2) is 5.69 Å². The highest BCUT2D eigenvalue weighted by Crippen LogP contribution is 2.27. The van der Waals surface area contributed by atoms with Crippen molar-refractivity contribution in [2.45, 2.75) is 44.9 Å². The highest BCUT2D eigenvalue weighted by atomic mass is 19.1. The van der Waals surface area contributed by atoms with Gasteiger partial charge in [-0.25, -0.2) is 14.2 Å². The molecule has 1 aliphatic carbocycles. The second-order valence-electron chi connectivity index (χ2n) is 7.86. The van der Waals surface area contributed by atoms with Gasteiger partial charge in [-0.1, -0.05) is 0 Å². The molecular weight excluding hydrogens is 385 g/mol. The number of aromatic nitrogens is 5. The summed E-state index contributed by atoms with van der Waals surface area (Å²) in [6.45, 7) is 1.86. The molecule has 0 saturated carbocycles. The molecule has 5 rings (SSSR count). The first-order chi connectivity index (χ1) is 14.7. The molecule has 3 heterocycles. The molecule has 1 aromatic carbocycles. The van der Waals surface area contributed by atoms with E-state index in [0.717, 1.165) is 68.6 Å². The second kappa shape index (κ2) is 7.89. The zero-order valence-corrected chi connectivity index (χ0v) is 16.7. The standard InChI is InChI=1S/C21H24FN7O/c22-14-8-10-15(11-9-14)29-17-7-3-2-6-16(17)18(27-29)19(30)23-20-24-21(26-25-20)28-12-4-1-5-13-28/h8-11H,1-7,12-13H2,(H2,23,24,25,26,30). The van der Waals surface area contributed by atoms with Crippen LogP contribution in [0.2, 0.25) is 0 Å². The predicted molar refractivity (Wildman–Crippen MR) is 111 cm³/mol. The fourth-order valence-corrected chi connectivity index (χ4v) is 4.29. The lowest BCUT2D eigenvalue weighted by atomic mass is 9.95. The van der Waals surface area contributed by atoms with Crippen molar-refractivity contribution in [2.24, 2.45) is 0 Å². The van der Waals surface area contributed by atoms with E-state index < -0.39 is 0 Å². The molecule has 0 unspecified atom stereocenters. The van der Waals surface area contributed by atoms with Crippen LogP contribution in [0.4, 0.5) is 16.3 Å². The lowest BCUT2D eigenvalue weighted by Gasteiger charge is -2.24. The zero-order chi connectivity index (χ0) is 20.5. The van der Waals surface area contributed by atoms with Gasteiger partial charge in [0, 0.05) is 24.3 Å². The van der Waals surface area contributed by atoms with E-state index in [1.807, 2.05) is 0 Å². The van der Waals surface area contributed by atoms with Crippen LogP contribution in [-0.2, 0) is 12.8 Å². The first-order valence-electron chi connectivity index (χ1n) is 10.5. The van der Waals surface area contributed by atoms with Crippen LogP contribution in [0.25, 0.3) is 5.69 Å². The van der Waals surface area contributed by atoms with Crippen LogP contribution >= 0.6 is 0 Å². The van der Waals surface area contributed by atoms with Crippen LogP contribution in [0.5, 0.6) is 0 Å². The molecule has 1 aliphatic heterocycles. The number of hydrogen-bond acceptors (Lipinski definition) is 5. The van der Waals surface area contributed by atoms with Crippen LogP contribution in [0.3, 0.4) is 0 Å². The Labute approximate surface area is 173 Å². The Morgan fingerprint density at radius 1 is 1.03 bits per heavy atom. The molecule has 0 bridgehead atoms. The SMILES string of the molecule is O=C(Nc1nc(N2CCCCC2)n[nH]1)c1nn(-c2ccc(F)cc2)c2c1CCCC2. The Balaban J connectivity index is 1.40. The molecule has 3 aromatic rings. The van der Waals surface area contributed by atoms with E-state index in [0.29, 0.717) is 17.6 Å². The average molecular weight is 409 g/mol. The molecule has 0 spiro atoms. The summed E-state index contributed by atoms with van der Waals surface area (Å²) in [5.41, 5.74) is 3.12. The molecule has 2 N–H and O–H groups in total. The quantitative estimate of drug-likeness (QED) is 0.690. The molecule has 0 atom stereocenters. The molecule has 2 aliphatic rings. The van der Waals surface area contributed by atoms with Crippen molar-refractivity contribution < 1.29 is 9.18 Å². The van der Waals surface area contributed by atoms with E-state index in [1.54, 1.807) is 16.8 Å². The number of aromatic amines is 1. The summed E-state index contributed by atoms with van der Waals surface area (Å²) < 4.78 is 15.1. The molecule has 1 saturated heterocycles. The van der Waals surface area contributed by atoms with Crippen LogP contribution in [0.15, 0.2) is 24.3 Å². The number of hydrogen-bond donors (Lipinski definition) is 2. The lowest BCUT2D eigenvalue weighted by Crippen LogP contribution is -2.30. The van der Waals surface area contributed by atoms with E-state index in [-0.39, 0.29) is 11.7 Å². The van der Waals surface area contributed by atoms with Gasteiger partial charge in [-0.05, 0) is 69.2 Å². The Morgan fingerprint density at radius 2 is 1.80 bits per heavy atom. The Kier molecular flexibility index (Phi) is 4.94. The monoisotopic (exact) mass is 409 g/mol. The number of nitrogens with zero attached hydrogens (tertiary/aromatic N) is 5. The molecule has 1 amide bonds. The van der Waals surface area contributed by atoms with Crippen molar-refractivity contribution in [1.29, 1.82) is 0 Å². The predicted octanol–water partition coefficient (Wildman–Crippen LogP) is 3.25. The fourth-order valence-electron chi connectivity index (χ4n) is 4.29. The number of halogens is 1. The van der Waals surface area contributed by atoms with Gasteiger partial charge < -0.3 is 4.90 Å². The van der Waals surface area contributed by atoms with Crippen molar-refractivity contribution in [1.82, 2.24) is 25.0 Å². The molecule has 0 radical (unpaired) electrons. The third kappa shape index (κ3) is 3.55. The number of nitrogens with one attached hydrogen (secondary N) is 2. The number of fused-ring (bicyclic) bond motifs is 1. The van der Waals surface area contributed by atoms with Crippen LogP contribution < -0.4 is 10.2 Å². The van der Waals surface area contributed by atoms with Crippen molar-refractivity contribution in [3.8, 4) is 5.69 Å². The summed E-state index contributed by atoms with van der Waals surface area (Å²) in [5.74, 6) is 0.327. The van der Waals surface area contributed by atoms with Gasteiger partial charge in [0.05, 0.1) is 5.69 Å². The maximum Gasteiger partial charge on any atom is 0.278 e. The number of amides is 1. The maximum atomic E-state index is 13.3. The van der Waals surface area contributed by atoms with Crippen LogP contribution in [-0.4, -0.2) is 44.0 Å². The van der Waals surface area contributed by atoms with Crippen molar-refractivity contribution in [2.75, 3.05) is 23.3 Å². The Hall–Kier alpha value is -3.23. The number of H-pyrrole nitrogens is 1. The Bertz CT molecular complexity index is 1050. The summed E-state index contributed by atoms with van der Waals surface area (Å²) in [4.78, 5) is 19.6. The first-order valence-corrected chi connectivity index (χ1v) is 10.5. The molecule has 8 nitrogen and oxygen atoms in total. The molecule has 1 fully saturated rings. The molecule has 2 aromatic heterocycles. The van der Waals surface area contributed by atoms with Gasteiger partial charge in [0.1, 0.15) is 5.82 Å². The third-order valence-electron chi connectivity index (χ3n) is 5.81. The highest BCUT2D eigenvalue weighted by Gasteiger charge is 2.26. The molecular formula is C21H24FN7O. The minimum atomic E-state index is -0.310. The Morgan fingerprint density at radius 3 is 2.60 bits per heavy atom. The maximum absolute atomic E-state index is 13.3. The molecule has 30 heavy (non-hydrogen) atoms. The molecule has 9 heteroatoms. The van der Waals surface area contributed by atoms with E-state index in [2.05, 4.69) is 30.5 Å². The average Bonchev–Trinajstić information content (AvgIpc) is 3.40.